The molecule has 0 aliphatic carbocycles. The summed E-state index contributed by atoms with van der Waals surface area (Å²) in [5.74, 6) is -0.664. The number of aromatic carboxylic acids is 1. The van der Waals surface area contributed by atoms with Crippen LogP contribution in [-0.2, 0) is 0 Å². The first-order chi connectivity index (χ1) is 9.38. The first kappa shape index (κ1) is 14.0. The van der Waals surface area contributed by atoms with Gasteiger partial charge in [0.15, 0.2) is 5.69 Å². The normalized spacial score (nSPS) is 10.4. The van der Waals surface area contributed by atoms with Crippen LogP contribution in [0.2, 0.25) is 0 Å². The van der Waals surface area contributed by atoms with Gasteiger partial charge in [-0.15, -0.1) is 0 Å². The molecule has 0 aliphatic rings. The van der Waals surface area contributed by atoms with E-state index in [9.17, 15) is 9.90 Å². The van der Waals surface area contributed by atoms with Crippen LogP contribution in [0, 0.1) is 13.8 Å². The Morgan fingerprint density at radius 2 is 1.85 bits per heavy atom. The van der Waals surface area contributed by atoms with E-state index in [0.717, 1.165) is 16.7 Å². The van der Waals surface area contributed by atoms with Gasteiger partial charge in [-0.1, -0.05) is 17.7 Å². The Morgan fingerprint density at radius 3 is 2.45 bits per heavy atom. The first-order valence-electron chi connectivity index (χ1n) is 6.26. The molecule has 2 rings (SSSR count). The van der Waals surface area contributed by atoms with Gasteiger partial charge in [0.25, 0.3) is 0 Å². The fraction of sp³-hybridized carbons (Fsp3) is 0.267. The molecule has 1 heterocycles. The van der Waals surface area contributed by atoms with Crippen LogP contribution < -0.4 is 4.90 Å². The van der Waals surface area contributed by atoms with Gasteiger partial charge in [-0.25, -0.2) is 14.8 Å². The number of aryl methyl sites for hydroxylation is 2. The van der Waals surface area contributed by atoms with Gasteiger partial charge in [-0.05, 0) is 31.5 Å². The van der Waals surface area contributed by atoms with Crippen molar-refractivity contribution in [1.82, 2.24) is 9.97 Å². The van der Waals surface area contributed by atoms with E-state index in [2.05, 4.69) is 9.97 Å². The lowest BCUT2D eigenvalue weighted by atomic mass is 10.0. The Kier molecular flexibility index (Phi) is 3.70. The Bertz CT molecular complexity index is 666. The van der Waals surface area contributed by atoms with E-state index in [1.807, 2.05) is 32.0 Å². The van der Waals surface area contributed by atoms with Crippen molar-refractivity contribution in [3.05, 3.63) is 41.1 Å². The minimum Gasteiger partial charge on any atom is -0.477 e. The Balaban J connectivity index is 2.66. The largest absolute Gasteiger partial charge is 0.477 e. The summed E-state index contributed by atoms with van der Waals surface area (Å²) in [5, 5.41) is 9.18. The third kappa shape index (κ3) is 2.77. The van der Waals surface area contributed by atoms with Crippen molar-refractivity contribution in [2.24, 2.45) is 0 Å². The molecule has 0 saturated carbocycles. The Labute approximate surface area is 117 Å². The van der Waals surface area contributed by atoms with Gasteiger partial charge in [0.1, 0.15) is 0 Å². The van der Waals surface area contributed by atoms with Gasteiger partial charge in [-0.3, -0.25) is 0 Å². The van der Waals surface area contributed by atoms with Crippen LogP contribution in [0.15, 0.2) is 24.3 Å². The van der Waals surface area contributed by atoms with Crippen molar-refractivity contribution in [3.63, 3.8) is 0 Å². The highest BCUT2D eigenvalue weighted by molar-refractivity contribution is 5.87. The van der Waals surface area contributed by atoms with Crippen molar-refractivity contribution < 1.29 is 9.90 Å². The lowest BCUT2D eigenvalue weighted by Crippen LogP contribution is -2.15. The predicted molar refractivity (Wildman–Crippen MR) is 78.2 cm³/mol. The number of anilines is 1. The number of nitrogens with zero attached hydrogens (tertiary/aromatic N) is 3. The van der Waals surface area contributed by atoms with Crippen LogP contribution >= 0.6 is 0 Å². The second-order valence-electron chi connectivity index (χ2n) is 4.96. The number of aromatic nitrogens is 2. The number of hydrogen-bond acceptors (Lipinski definition) is 4. The number of hydrogen-bond donors (Lipinski definition) is 1. The average Bonchev–Trinajstić information content (AvgIpc) is 2.40. The first-order valence-corrected chi connectivity index (χ1v) is 6.26. The molecule has 0 unspecified atom stereocenters. The molecule has 0 aliphatic heterocycles. The van der Waals surface area contributed by atoms with Crippen LogP contribution in [-0.4, -0.2) is 35.1 Å². The molecule has 0 amide bonds. The summed E-state index contributed by atoms with van der Waals surface area (Å²) < 4.78 is 0. The summed E-state index contributed by atoms with van der Waals surface area (Å²) in [6.45, 7) is 3.97. The minimum absolute atomic E-state index is 0.000365. The van der Waals surface area contributed by atoms with Gasteiger partial charge < -0.3 is 10.0 Å². The van der Waals surface area contributed by atoms with Crippen LogP contribution in [0.3, 0.4) is 0 Å². The highest BCUT2D eigenvalue weighted by Crippen LogP contribution is 2.24. The van der Waals surface area contributed by atoms with Crippen LogP contribution in [0.5, 0.6) is 0 Å². The molecule has 1 N–H and O–H groups in total. The number of rotatable bonds is 3. The maximum atomic E-state index is 11.2. The van der Waals surface area contributed by atoms with Gasteiger partial charge in [0, 0.05) is 19.7 Å². The molecule has 0 spiro atoms. The standard InChI is InChI=1S/C15H17N3O2/c1-9-5-6-10(2)11(7-9)12-8-13(14(19)20)17-15(16-12)18(3)4/h5-8H,1-4H3,(H,19,20). The summed E-state index contributed by atoms with van der Waals surface area (Å²) in [6, 6.07) is 7.54. The molecule has 104 valence electrons. The van der Waals surface area contributed by atoms with E-state index >= 15 is 0 Å². The molecule has 5 heteroatoms. The van der Waals surface area contributed by atoms with Crippen LogP contribution in [0.25, 0.3) is 11.3 Å². The van der Waals surface area contributed by atoms with E-state index in [-0.39, 0.29) is 5.69 Å². The maximum Gasteiger partial charge on any atom is 0.354 e. The zero-order valence-corrected chi connectivity index (χ0v) is 12.0. The summed E-state index contributed by atoms with van der Waals surface area (Å²) in [6.07, 6.45) is 0. The Hall–Kier alpha value is -2.43. The molecule has 0 radical (unpaired) electrons. The number of carbonyl (C=O) groups is 1. The second-order valence-corrected chi connectivity index (χ2v) is 4.96. The third-order valence-electron chi connectivity index (χ3n) is 3.00. The lowest BCUT2D eigenvalue weighted by molar-refractivity contribution is 0.0690. The van der Waals surface area contributed by atoms with Crippen molar-refractivity contribution in [1.29, 1.82) is 0 Å². The Morgan fingerprint density at radius 1 is 1.15 bits per heavy atom. The van der Waals surface area contributed by atoms with Crippen LogP contribution in [0.4, 0.5) is 5.95 Å². The molecule has 5 nitrogen and oxygen atoms in total. The zero-order chi connectivity index (χ0) is 14.9. The number of carboxylic acids is 1. The average molecular weight is 271 g/mol. The number of carboxylic acid groups (broad SMARTS) is 1. The molecular formula is C15H17N3O2. The summed E-state index contributed by atoms with van der Waals surface area (Å²) in [7, 11) is 3.57. The monoisotopic (exact) mass is 271 g/mol. The fourth-order valence-electron chi connectivity index (χ4n) is 1.89. The van der Waals surface area contributed by atoms with Crippen molar-refractivity contribution in [2.45, 2.75) is 13.8 Å². The molecule has 0 atom stereocenters. The molecular weight excluding hydrogens is 254 g/mol. The van der Waals surface area contributed by atoms with E-state index < -0.39 is 5.97 Å². The molecule has 1 aromatic carbocycles. The molecule has 0 fully saturated rings. The second kappa shape index (κ2) is 5.28. The number of benzene rings is 1. The van der Waals surface area contributed by atoms with Crippen molar-refractivity contribution in [2.75, 3.05) is 19.0 Å². The van der Waals surface area contributed by atoms with E-state index in [0.29, 0.717) is 11.6 Å². The quantitative estimate of drug-likeness (QED) is 0.929. The third-order valence-corrected chi connectivity index (χ3v) is 3.00. The van der Waals surface area contributed by atoms with Crippen molar-refractivity contribution in [3.8, 4) is 11.3 Å². The van der Waals surface area contributed by atoms with E-state index in [1.54, 1.807) is 19.0 Å². The van der Waals surface area contributed by atoms with Gasteiger partial charge in [-0.2, -0.15) is 0 Å². The van der Waals surface area contributed by atoms with E-state index in [4.69, 9.17) is 0 Å². The van der Waals surface area contributed by atoms with Gasteiger partial charge in [0.05, 0.1) is 5.69 Å². The van der Waals surface area contributed by atoms with Crippen LogP contribution in [0.1, 0.15) is 21.6 Å². The molecule has 0 saturated heterocycles. The maximum absolute atomic E-state index is 11.2. The summed E-state index contributed by atoms with van der Waals surface area (Å²) in [4.78, 5) is 21.4. The van der Waals surface area contributed by atoms with E-state index in [1.165, 1.54) is 6.07 Å². The molecule has 2 aromatic rings. The SMILES string of the molecule is Cc1ccc(C)c(-c2cc(C(=O)O)nc(N(C)C)n2)c1. The minimum atomic E-state index is -1.05. The van der Waals surface area contributed by atoms with Gasteiger partial charge in [0.2, 0.25) is 5.95 Å². The van der Waals surface area contributed by atoms with Gasteiger partial charge >= 0.3 is 5.97 Å². The fourth-order valence-corrected chi connectivity index (χ4v) is 1.89. The highest BCUT2D eigenvalue weighted by Gasteiger charge is 2.14. The summed E-state index contributed by atoms with van der Waals surface area (Å²) >= 11 is 0. The topological polar surface area (TPSA) is 66.3 Å². The molecule has 20 heavy (non-hydrogen) atoms. The van der Waals surface area contributed by atoms with Crippen molar-refractivity contribution >= 4 is 11.9 Å². The smallest absolute Gasteiger partial charge is 0.354 e. The molecule has 1 aromatic heterocycles. The summed E-state index contributed by atoms with van der Waals surface area (Å²) in [5.41, 5.74) is 3.71. The lowest BCUT2D eigenvalue weighted by Gasteiger charge is -2.13. The highest BCUT2D eigenvalue weighted by atomic mass is 16.4. The predicted octanol–water partition coefficient (Wildman–Crippen LogP) is 2.52. The molecule has 0 bridgehead atoms. The zero-order valence-electron chi connectivity index (χ0n) is 12.0.